The quantitative estimate of drug-likeness (QED) is 0.926. The Bertz CT molecular complexity index is 505. The Labute approximate surface area is 131 Å². The Morgan fingerprint density at radius 3 is 2.71 bits per heavy atom. The van der Waals surface area contributed by atoms with Crippen molar-refractivity contribution in [3.8, 4) is 0 Å². The Morgan fingerprint density at radius 2 is 2.05 bits per heavy atom. The number of halogens is 1. The van der Waals surface area contributed by atoms with Gasteiger partial charge in [0, 0.05) is 26.9 Å². The fraction of sp³-hybridized carbons (Fsp3) is 0.562. The van der Waals surface area contributed by atoms with Crippen LogP contribution in [-0.4, -0.2) is 44.2 Å². The van der Waals surface area contributed by atoms with Gasteiger partial charge in [-0.3, -0.25) is 4.79 Å². The van der Waals surface area contributed by atoms with E-state index in [4.69, 9.17) is 16.3 Å². The fourth-order valence-electron chi connectivity index (χ4n) is 2.78. The summed E-state index contributed by atoms with van der Waals surface area (Å²) in [5.74, 6) is -0.0874. The number of carbonyl (C=O) groups is 1. The van der Waals surface area contributed by atoms with Crippen LogP contribution in [0.2, 0.25) is 5.02 Å². The second kappa shape index (κ2) is 7.14. The van der Waals surface area contributed by atoms with Crippen molar-refractivity contribution in [1.29, 1.82) is 0 Å². The summed E-state index contributed by atoms with van der Waals surface area (Å²) in [5.41, 5.74) is 1.44. The zero-order chi connectivity index (χ0) is 15.4. The van der Waals surface area contributed by atoms with Crippen molar-refractivity contribution in [3.05, 3.63) is 28.8 Å². The molecule has 1 amide bonds. The van der Waals surface area contributed by atoms with Gasteiger partial charge in [-0.1, -0.05) is 24.4 Å². The molecule has 0 heterocycles. The Morgan fingerprint density at radius 1 is 1.33 bits per heavy atom. The van der Waals surface area contributed by atoms with Gasteiger partial charge in [-0.25, -0.2) is 0 Å². The number of methoxy groups -OCH3 is 1. The number of rotatable bonds is 4. The number of benzene rings is 1. The highest BCUT2D eigenvalue weighted by atomic mass is 35.5. The first-order valence-corrected chi connectivity index (χ1v) is 7.71. The molecule has 1 aromatic carbocycles. The van der Waals surface area contributed by atoms with E-state index in [-0.39, 0.29) is 18.1 Å². The molecule has 1 aliphatic carbocycles. The Balaban J connectivity index is 2.17. The average molecular weight is 311 g/mol. The van der Waals surface area contributed by atoms with Gasteiger partial charge in [-0.05, 0) is 31.0 Å². The van der Waals surface area contributed by atoms with Gasteiger partial charge in [-0.2, -0.15) is 0 Å². The molecule has 4 nitrogen and oxygen atoms in total. The molecule has 1 aromatic rings. The van der Waals surface area contributed by atoms with Crippen LogP contribution < -0.4 is 5.32 Å². The molecule has 0 aromatic heterocycles. The van der Waals surface area contributed by atoms with E-state index in [1.807, 2.05) is 12.1 Å². The predicted molar refractivity (Wildman–Crippen MR) is 86.1 cm³/mol. The molecule has 1 aliphatic rings. The highest BCUT2D eigenvalue weighted by Gasteiger charge is 2.25. The van der Waals surface area contributed by atoms with Crippen LogP contribution in [-0.2, 0) is 4.74 Å². The molecular weight excluding hydrogens is 288 g/mol. The summed E-state index contributed by atoms with van der Waals surface area (Å²) in [6.45, 7) is 0. The van der Waals surface area contributed by atoms with E-state index in [1.54, 1.807) is 27.3 Å². The summed E-state index contributed by atoms with van der Waals surface area (Å²) in [4.78, 5) is 13.7. The third-order valence-corrected chi connectivity index (χ3v) is 4.29. The van der Waals surface area contributed by atoms with Gasteiger partial charge in [0.05, 0.1) is 22.7 Å². The molecule has 2 unspecified atom stereocenters. The van der Waals surface area contributed by atoms with Crippen molar-refractivity contribution in [2.45, 2.75) is 37.8 Å². The first-order chi connectivity index (χ1) is 10.0. The second-order valence-corrected chi connectivity index (χ2v) is 6.11. The summed E-state index contributed by atoms with van der Waals surface area (Å²) in [7, 11) is 5.20. The minimum atomic E-state index is -0.0874. The summed E-state index contributed by atoms with van der Waals surface area (Å²) in [6.07, 6.45) is 4.79. The first kappa shape index (κ1) is 16.1. The number of nitrogens with zero attached hydrogens (tertiary/aromatic N) is 1. The number of nitrogens with one attached hydrogen (secondary N) is 1. The van der Waals surface area contributed by atoms with Gasteiger partial charge in [0.1, 0.15) is 0 Å². The van der Waals surface area contributed by atoms with Gasteiger partial charge in [0.25, 0.3) is 5.91 Å². The molecule has 0 bridgehead atoms. The Kier molecular flexibility index (Phi) is 5.48. The van der Waals surface area contributed by atoms with E-state index < -0.39 is 0 Å². The van der Waals surface area contributed by atoms with Gasteiger partial charge in [0.15, 0.2) is 0 Å². The average Bonchev–Trinajstić information content (AvgIpc) is 2.49. The SMILES string of the molecule is COC1CCCCC1Nc1ccc(Cl)c(C(=O)N(C)C)c1. The third-order valence-electron chi connectivity index (χ3n) is 3.96. The second-order valence-electron chi connectivity index (χ2n) is 5.70. The summed E-state index contributed by atoms with van der Waals surface area (Å²) in [6, 6.07) is 5.79. The van der Waals surface area contributed by atoms with Crippen molar-refractivity contribution in [2.75, 3.05) is 26.5 Å². The molecule has 5 heteroatoms. The molecule has 2 rings (SSSR count). The van der Waals surface area contributed by atoms with Crippen LogP contribution in [0.1, 0.15) is 36.0 Å². The zero-order valence-corrected chi connectivity index (χ0v) is 13.6. The van der Waals surface area contributed by atoms with E-state index in [0.29, 0.717) is 10.6 Å². The van der Waals surface area contributed by atoms with Gasteiger partial charge < -0.3 is 15.0 Å². The summed E-state index contributed by atoms with van der Waals surface area (Å²) in [5, 5.41) is 3.97. The molecule has 0 radical (unpaired) electrons. The van der Waals surface area contributed by atoms with E-state index in [9.17, 15) is 4.79 Å². The van der Waals surface area contributed by atoms with Crippen molar-refractivity contribution >= 4 is 23.2 Å². The van der Waals surface area contributed by atoms with E-state index >= 15 is 0 Å². The van der Waals surface area contributed by atoms with E-state index in [2.05, 4.69) is 5.32 Å². The van der Waals surface area contributed by atoms with Crippen LogP contribution in [0.15, 0.2) is 18.2 Å². The zero-order valence-electron chi connectivity index (χ0n) is 12.9. The highest BCUT2D eigenvalue weighted by Crippen LogP contribution is 2.27. The lowest BCUT2D eigenvalue weighted by Crippen LogP contribution is -2.37. The van der Waals surface area contributed by atoms with Gasteiger partial charge in [-0.15, -0.1) is 0 Å². The standard InChI is InChI=1S/C16H23ClN2O2/c1-19(2)16(20)12-10-11(8-9-13(12)17)18-14-6-4-5-7-15(14)21-3/h8-10,14-15,18H,4-7H2,1-3H3. The van der Waals surface area contributed by atoms with Crippen molar-refractivity contribution in [1.82, 2.24) is 4.90 Å². The summed E-state index contributed by atoms with van der Waals surface area (Å²) >= 11 is 6.13. The molecule has 116 valence electrons. The van der Waals surface area contributed by atoms with Crippen molar-refractivity contribution in [3.63, 3.8) is 0 Å². The van der Waals surface area contributed by atoms with E-state index in [0.717, 1.165) is 18.5 Å². The molecule has 0 aliphatic heterocycles. The Hall–Kier alpha value is -1.26. The molecule has 1 saturated carbocycles. The molecule has 1 N–H and O–H groups in total. The summed E-state index contributed by atoms with van der Waals surface area (Å²) < 4.78 is 5.55. The number of ether oxygens (including phenoxy) is 1. The molecule has 2 atom stereocenters. The first-order valence-electron chi connectivity index (χ1n) is 7.33. The maximum atomic E-state index is 12.1. The van der Waals surface area contributed by atoms with Crippen molar-refractivity contribution in [2.24, 2.45) is 0 Å². The predicted octanol–water partition coefficient (Wildman–Crippen LogP) is 3.41. The lowest BCUT2D eigenvalue weighted by molar-refractivity contribution is 0.0606. The maximum Gasteiger partial charge on any atom is 0.254 e. The number of anilines is 1. The number of hydrogen-bond acceptors (Lipinski definition) is 3. The maximum absolute atomic E-state index is 12.1. The molecule has 0 spiro atoms. The minimum Gasteiger partial charge on any atom is -0.380 e. The third kappa shape index (κ3) is 3.89. The topological polar surface area (TPSA) is 41.6 Å². The lowest BCUT2D eigenvalue weighted by atomic mass is 9.92. The lowest BCUT2D eigenvalue weighted by Gasteiger charge is -2.32. The fourth-order valence-corrected chi connectivity index (χ4v) is 2.98. The number of hydrogen-bond donors (Lipinski definition) is 1. The van der Waals surface area contributed by atoms with Crippen LogP contribution >= 0.6 is 11.6 Å². The molecular formula is C16H23ClN2O2. The van der Waals surface area contributed by atoms with Gasteiger partial charge in [0.2, 0.25) is 0 Å². The van der Waals surface area contributed by atoms with Crippen LogP contribution in [0.4, 0.5) is 5.69 Å². The van der Waals surface area contributed by atoms with E-state index in [1.165, 1.54) is 17.7 Å². The molecule has 21 heavy (non-hydrogen) atoms. The monoisotopic (exact) mass is 310 g/mol. The minimum absolute atomic E-state index is 0.0874. The highest BCUT2D eigenvalue weighted by molar-refractivity contribution is 6.34. The normalized spacial score (nSPS) is 21.9. The number of amides is 1. The van der Waals surface area contributed by atoms with Crippen LogP contribution in [0.5, 0.6) is 0 Å². The molecule has 0 saturated heterocycles. The van der Waals surface area contributed by atoms with Crippen LogP contribution in [0, 0.1) is 0 Å². The van der Waals surface area contributed by atoms with Crippen molar-refractivity contribution < 1.29 is 9.53 Å². The largest absolute Gasteiger partial charge is 0.380 e. The smallest absolute Gasteiger partial charge is 0.254 e. The van der Waals surface area contributed by atoms with Crippen LogP contribution in [0.25, 0.3) is 0 Å². The number of carbonyl (C=O) groups excluding carboxylic acids is 1. The molecule has 1 fully saturated rings. The van der Waals surface area contributed by atoms with Gasteiger partial charge >= 0.3 is 0 Å². The van der Waals surface area contributed by atoms with Crippen LogP contribution in [0.3, 0.4) is 0 Å².